The lowest BCUT2D eigenvalue weighted by Gasteiger charge is -1.97. The average molecular weight is 148 g/mol. The summed E-state index contributed by atoms with van der Waals surface area (Å²) >= 11 is 0. The van der Waals surface area contributed by atoms with Gasteiger partial charge in [0.05, 0.1) is 0 Å². The molecule has 0 aliphatic heterocycles. The van der Waals surface area contributed by atoms with Gasteiger partial charge in [-0.25, -0.2) is 0 Å². The zero-order valence-corrected chi connectivity index (χ0v) is 6.44. The SMILES string of the molecule is Cc1cnc(N=[N+]=[N-])c(C)c1. The molecule has 0 amide bonds. The van der Waals surface area contributed by atoms with Crippen molar-refractivity contribution in [2.24, 2.45) is 5.11 Å². The highest BCUT2D eigenvalue weighted by Crippen LogP contribution is 2.14. The van der Waals surface area contributed by atoms with E-state index in [1.54, 1.807) is 6.20 Å². The third kappa shape index (κ3) is 1.69. The Balaban J connectivity index is 3.19. The fourth-order valence-corrected chi connectivity index (χ4v) is 0.855. The summed E-state index contributed by atoms with van der Waals surface area (Å²) in [5.74, 6) is 0.457. The van der Waals surface area contributed by atoms with E-state index in [0.717, 1.165) is 11.1 Å². The Labute approximate surface area is 64.5 Å². The summed E-state index contributed by atoms with van der Waals surface area (Å²) in [4.78, 5) is 6.61. The van der Waals surface area contributed by atoms with Crippen LogP contribution < -0.4 is 0 Å². The molecule has 0 bridgehead atoms. The van der Waals surface area contributed by atoms with E-state index >= 15 is 0 Å². The first-order valence-corrected chi connectivity index (χ1v) is 3.22. The zero-order chi connectivity index (χ0) is 8.27. The molecule has 0 aliphatic carbocycles. The van der Waals surface area contributed by atoms with Crippen molar-refractivity contribution < 1.29 is 0 Å². The molecule has 4 nitrogen and oxygen atoms in total. The summed E-state index contributed by atoms with van der Waals surface area (Å²) in [5.41, 5.74) is 10.1. The average Bonchev–Trinajstić information content (AvgIpc) is 1.95. The molecule has 0 radical (unpaired) electrons. The molecular weight excluding hydrogens is 140 g/mol. The highest BCUT2D eigenvalue weighted by molar-refractivity contribution is 5.38. The molecule has 11 heavy (non-hydrogen) atoms. The quantitative estimate of drug-likeness (QED) is 0.343. The largest absolute Gasteiger partial charge is 0.254 e. The van der Waals surface area contributed by atoms with Crippen LogP contribution in [0, 0.1) is 13.8 Å². The lowest BCUT2D eigenvalue weighted by Crippen LogP contribution is -1.80. The van der Waals surface area contributed by atoms with Gasteiger partial charge in [0.15, 0.2) is 0 Å². The molecule has 0 aromatic carbocycles. The predicted molar refractivity (Wildman–Crippen MR) is 42.5 cm³/mol. The summed E-state index contributed by atoms with van der Waals surface area (Å²) < 4.78 is 0. The van der Waals surface area contributed by atoms with Gasteiger partial charge < -0.3 is 0 Å². The summed E-state index contributed by atoms with van der Waals surface area (Å²) in [6, 6.07) is 1.93. The second-order valence-electron chi connectivity index (χ2n) is 2.34. The summed E-state index contributed by atoms with van der Waals surface area (Å²) in [6.07, 6.45) is 1.68. The van der Waals surface area contributed by atoms with E-state index in [-0.39, 0.29) is 0 Å². The molecule has 4 heteroatoms. The van der Waals surface area contributed by atoms with Crippen LogP contribution in [0.1, 0.15) is 11.1 Å². The van der Waals surface area contributed by atoms with E-state index in [4.69, 9.17) is 5.53 Å². The lowest BCUT2D eigenvalue weighted by atomic mass is 10.2. The first-order chi connectivity index (χ1) is 5.24. The second kappa shape index (κ2) is 3.03. The maximum absolute atomic E-state index is 8.13. The van der Waals surface area contributed by atoms with Gasteiger partial charge in [-0.3, -0.25) is 4.98 Å². The number of nitrogens with zero attached hydrogens (tertiary/aromatic N) is 4. The van der Waals surface area contributed by atoms with Crippen molar-refractivity contribution in [1.29, 1.82) is 0 Å². The van der Waals surface area contributed by atoms with Crippen LogP contribution >= 0.6 is 0 Å². The predicted octanol–water partition coefficient (Wildman–Crippen LogP) is 2.64. The van der Waals surface area contributed by atoms with Gasteiger partial charge in [0.1, 0.15) is 5.82 Å². The Kier molecular flexibility index (Phi) is 2.09. The normalized spacial score (nSPS) is 8.91. The van der Waals surface area contributed by atoms with Gasteiger partial charge in [-0.2, -0.15) is 0 Å². The van der Waals surface area contributed by atoms with Gasteiger partial charge in [0, 0.05) is 11.1 Å². The van der Waals surface area contributed by atoms with Crippen molar-refractivity contribution in [3.05, 3.63) is 33.8 Å². The standard InChI is InChI=1S/C7H8N4/c1-5-3-6(2)7(9-4-5)10-11-8/h3-4H,1-2H3. The highest BCUT2D eigenvalue weighted by atomic mass is 15.2. The monoisotopic (exact) mass is 148 g/mol. The molecule has 56 valence electrons. The molecule has 0 fully saturated rings. The molecule has 1 aromatic rings. The molecule has 0 N–H and O–H groups in total. The van der Waals surface area contributed by atoms with E-state index in [1.807, 2.05) is 19.9 Å². The van der Waals surface area contributed by atoms with Crippen molar-refractivity contribution in [3.8, 4) is 0 Å². The van der Waals surface area contributed by atoms with E-state index in [2.05, 4.69) is 15.0 Å². The van der Waals surface area contributed by atoms with E-state index in [9.17, 15) is 0 Å². The van der Waals surface area contributed by atoms with Crippen molar-refractivity contribution in [2.75, 3.05) is 0 Å². The molecule has 0 aliphatic rings. The third-order valence-electron chi connectivity index (χ3n) is 1.33. The first kappa shape index (κ1) is 7.57. The van der Waals surface area contributed by atoms with Gasteiger partial charge in [0.25, 0.3) is 0 Å². The van der Waals surface area contributed by atoms with Gasteiger partial charge >= 0.3 is 0 Å². The van der Waals surface area contributed by atoms with E-state index in [0.29, 0.717) is 5.82 Å². The topological polar surface area (TPSA) is 61.7 Å². The number of hydrogen-bond donors (Lipinski definition) is 0. The van der Waals surface area contributed by atoms with Crippen LogP contribution in [0.2, 0.25) is 0 Å². The molecule has 0 spiro atoms. The Morgan fingerprint density at radius 3 is 2.82 bits per heavy atom. The Hall–Kier alpha value is -1.54. The number of aromatic nitrogens is 1. The number of rotatable bonds is 1. The summed E-state index contributed by atoms with van der Waals surface area (Å²) in [5, 5.41) is 3.42. The van der Waals surface area contributed by atoms with Crippen molar-refractivity contribution >= 4 is 5.82 Å². The van der Waals surface area contributed by atoms with Gasteiger partial charge in [-0.05, 0) is 35.6 Å². The molecule has 1 rings (SSSR count). The molecule has 1 heterocycles. The van der Waals surface area contributed by atoms with Gasteiger partial charge in [-0.15, -0.1) is 0 Å². The lowest BCUT2D eigenvalue weighted by molar-refractivity contribution is 1.18. The number of aryl methyl sites for hydroxylation is 2. The smallest absolute Gasteiger partial charge is 0.129 e. The van der Waals surface area contributed by atoms with Crippen molar-refractivity contribution in [2.45, 2.75) is 13.8 Å². The fourth-order valence-electron chi connectivity index (χ4n) is 0.855. The maximum Gasteiger partial charge on any atom is 0.129 e. The van der Waals surface area contributed by atoms with Gasteiger partial charge in [-0.1, -0.05) is 6.07 Å². The van der Waals surface area contributed by atoms with Crippen LogP contribution in [0.3, 0.4) is 0 Å². The maximum atomic E-state index is 8.13. The summed E-state index contributed by atoms with van der Waals surface area (Å²) in [6.45, 7) is 3.81. The summed E-state index contributed by atoms with van der Waals surface area (Å²) in [7, 11) is 0. The minimum Gasteiger partial charge on any atom is -0.254 e. The third-order valence-corrected chi connectivity index (χ3v) is 1.33. The number of pyridine rings is 1. The Morgan fingerprint density at radius 1 is 1.55 bits per heavy atom. The minimum absolute atomic E-state index is 0.457. The Morgan fingerprint density at radius 2 is 2.27 bits per heavy atom. The second-order valence-corrected chi connectivity index (χ2v) is 2.34. The van der Waals surface area contributed by atoms with Crippen LogP contribution in [-0.2, 0) is 0 Å². The van der Waals surface area contributed by atoms with E-state index in [1.165, 1.54) is 0 Å². The molecule has 0 atom stereocenters. The zero-order valence-electron chi connectivity index (χ0n) is 6.44. The van der Waals surface area contributed by atoms with Gasteiger partial charge in [0.2, 0.25) is 0 Å². The first-order valence-electron chi connectivity index (χ1n) is 3.22. The molecular formula is C7H8N4. The van der Waals surface area contributed by atoms with Crippen molar-refractivity contribution in [1.82, 2.24) is 4.98 Å². The van der Waals surface area contributed by atoms with Crippen LogP contribution in [0.5, 0.6) is 0 Å². The number of hydrogen-bond acceptors (Lipinski definition) is 2. The molecule has 0 saturated heterocycles. The van der Waals surface area contributed by atoms with Crippen LogP contribution in [0.4, 0.5) is 5.82 Å². The molecule has 0 saturated carbocycles. The Bertz CT molecular complexity index is 312. The molecule has 1 aromatic heterocycles. The van der Waals surface area contributed by atoms with Crippen LogP contribution in [0.25, 0.3) is 10.4 Å². The van der Waals surface area contributed by atoms with Crippen LogP contribution in [-0.4, -0.2) is 4.98 Å². The molecule has 0 unspecified atom stereocenters. The van der Waals surface area contributed by atoms with Crippen LogP contribution in [0.15, 0.2) is 17.4 Å². The van der Waals surface area contributed by atoms with Crippen molar-refractivity contribution in [3.63, 3.8) is 0 Å². The highest BCUT2D eigenvalue weighted by Gasteiger charge is 1.94. The fraction of sp³-hybridized carbons (Fsp3) is 0.286. The minimum atomic E-state index is 0.457. The van der Waals surface area contributed by atoms with E-state index < -0.39 is 0 Å². The number of azide groups is 1.